The second-order valence-corrected chi connectivity index (χ2v) is 6.87. The SMILES string of the molecule is COc1cc([C@@H]2C[C@]2(CO)C(=O)Nc2ccccc2Cl)cc(OC)c1OC. The minimum absolute atomic E-state index is 0.168. The van der Waals surface area contributed by atoms with E-state index in [0.29, 0.717) is 34.4 Å². The van der Waals surface area contributed by atoms with Crippen LogP contribution in [0.2, 0.25) is 5.02 Å². The molecule has 1 amide bonds. The van der Waals surface area contributed by atoms with E-state index in [2.05, 4.69) is 5.32 Å². The molecule has 1 fully saturated rings. The van der Waals surface area contributed by atoms with Crippen molar-refractivity contribution >= 4 is 23.2 Å². The number of aliphatic hydroxyl groups is 1. The Morgan fingerprint density at radius 1 is 1.19 bits per heavy atom. The number of carbonyl (C=O) groups is 1. The number of anilines is 1. The first kappa shape index (κ1) is 19.3. The Hall–Kier alpha value is -2.44. The lowest BCUT2D eigenvalue weighted by molar-refractivity contribution is -0.122. The van der Waals surface area contributed by atoms with Gasteiger partial charge >= 0.3 is 0 Å². The summed E-state index contributed by atoms with van der Waals surface area (Å²) in [7, 11) is 4.61. The van der Waals surface area contributed by atoms with E-state index >= 15 is 0 Å². The van der Waals surface area contributed by atoms with Gasteiger partial charge in [-0.25, -0.2) is 0 Å². The van der Waals surface area contributed by atoms with Gasteiger partial charge in [0.1, 0.15) is 0 Å². The first-order valence-electron chi connectivity index (χ1n) is 8.47. The number of hydrogen-bond donors (Lipinski definition) is 2. The molecule has 6 nitrogen and oxygen atoms in total. The Balaban J connectivity index is 1.89. The number of aliphatic hydroxyl groups excluding tert-OH is 1. The standard InChI is InChI=1S/C20H22ClNO5/c1-25-16-8-12(9-17(26-2)18(16)27-3)13-10-20(13,11-23)19(24)22-15-7-5-4-6-14(15)21/h4-9,13,23H,10-11H2,1-3H3,(H,22,24)/t13-,20+/m0/s1. The number of carbonyl (C=O) groups excluding carboxylic acids is 1. The van der Waals surface area contributed by atoms with Gasteiger partial charge in [-0.3, -0.25) is 4.79 Å². The quantitative estimate of drug-likeness (QED) is 0.755. The lowest BCUT2D eigenvalue weighted by Crippen LogP contribution is -2.29. The summed E-state index contributed by atoms with van der Waals surface area (Å²) in [4.78, 5) is 12.9. The van der Waals surface area contributed by atoms with Gasteiger partial charge in [0.25, 0.3) is 0 Å². The van der Waals surface area contributed by atoms with Crippen LogP contribution in [0.1, 0.15) is 17.9 Å². The molecule has 2 N–H and O–H groups in total. The van der Waals surface area contributed by atoms with Crippen LogP contribution in [0.15, 0.2) is 36.4 Å². The molecule has 0 aliphatic heterocycles. The molecule has 7 heteroatoms. The van der Waals surface area contributed by atoms with E-state index < -0.39 is 5.41 Å². The van der Waals surface area contributed by atoms with E-state index in [1.807, 2.05) is 12.1 Å². The van der Waals surface area contributed by atoms with Crippen molar-refractivity contribution in [3.8, 4) is 17.2 Å². The summed E-state index contributed by atoms with van der Waals surface area (Å²) in [6.07, 6.45) is 0.512. The van der Waals surface area contributed by atoms with Crippen LogP contribution in [-0.4, -0.2) is 38.9 Å². The molecule has 0 heterocycles. The van der Waals surface area contributed by atoms with Crippen LogP contribution >= 0.6 is 11.6 Å². The van der Waals surface area contributed by atoms with E-state index in [0.717, 1.165) is 5.56 Å². The highest BCUT2D eigenvalue weighted by atomic mass is 35.5. The summed E-state index contributed by atoms with van der Waals surface area (Å²) in [5.41, 5.74) is 0.449. The maximum absolute atomic E-state index is 12.9. The number of amides is 1. The van der Waals surface area contributed by atoms with Gasteiger partial charge < -0.3 is 24.6 Å². The number of nitrogens with one attached hydrogen (secondary N) is 1. The molecule has 1 aliphatic carbocycles. The first-order chi connectivity index (χ1) is 13.0. The molecule has 3 rings (SSSR count). The van der Waals surface area contributed by atoms with Gasteiger partial charge in [-0.05, 0) is 36.2 Å². The molecule has 0 aromatic heterocycles. The van der Waals surface area contributed by atoms with Crippen LogP contribution < -0.4 is 19.5 Å². The van der Waals surface area contributed by atoms with Gasteiger partial charge in [-0.2, -0.15) is 0 Å². The smallest absolute Gasteiger partial charge is 0.233 e. The molecule has 2 aromatic carbocycles. The Bertz CT molecular complexity index is 831. The Labute approximate surface area is 163 Å². The molecule has 144 valence electrons. The van der Waals surface area contributed by atoms with Crippen LogP contribution in [0.25, 0.3) is 0 Å². The van der Waals surface area contributed by atoms with Crippen molar-refractivity contribution in [2.45, 2.75) is 12.3 Å². The van der Waals surface area contributed by atoms with Crippen LogP contribution in [0.3, 0.4) is 0 Å². The molecule has 0 unspecified atom stereocenters. The molecule has 0 saturated heterocycles. The molecule has 2 aromatic rings. The highest BCUT2D eigenvalue weighted by molar-refractivity contribution is 6.33. The maximum atomic E-state index is 12.9. The fourth-order valence-electron chi connectivity index (χ4n) is 3.35. The van der Waals surface area contributed by atoms with Crippen LogP contribution in [-0.2, 0) is 4.79 Å². The minimum atomic E-state index is -0.913. The van der Waals surface area contributed by atoms with Crippen LogP contribution in [0.4, 0.5) is 5.69 Å². The average molecular weight is 392 g/mol. The number of rotatable bonds is 7. The van der Waals surface area contributed by atoms with Gasteiger partial charge in [0.2, 0.25) is 11.7 Å². The molecular formula is C20H22ClNO5. The molecule has 0 bridgehead atoms. The van der Waals surface area contributed by atoms with E-state index in [1.54, 1.807) is 24.3 Å². The van der Waals surface area contributed by atoms with Gasteiger partial charge in [0.15, 0.2) is 11.5 Å². The third-order valence-electron chi connectivity index (χ3n) is 5.02. The third-order valence-corrected chi connectivity index (χ3v) is 5.35. The minimum Gasteiger partial charge on any atom is -0.493 e. The zero-order chi connectivity index (χ0) is 19.6. The number of para-hydroxylation sites is 1. The summed E-state index contributed by atoms with van der Waals surface area (Å²) in [5, 5.41) is 13.3. The molecule has 0 radical (unpaired) electrons. The van der Waals surface area contributed by atoms with Crippen molar-refractivity contribution in [3.63, 3.8) is 0 Å². The van der Waals surface area contributed by atoms with E-state index in [1.165, 1.54) is 21.3 Å². The zero-order valence-corrected chi connectivity index (χ0v) is 16.2. The van der Waals surface area contributed by atoms with E-state index in [-0.39, 0.29) is 18.4 Å². The number of halogens is 1. The van der Waals surface area contributed by atoms with Crippen LogP contribution in [0, 0.1) is 5.41 Å². The van der Waals surface area contributed by atoms with Crippen molar-refractivity contribution in [1.29, 1.82) is 0 Å². The monoisotopic (exact) mass is 391 g/mol. The maximum Gasteiger partial charge on any atom is 0.233 e. The summed E-state index contributed by atoms with van der Waals surface area (Å²) in [5.74, 6) is 1.07. The Morgan fingerprint density at radius 2 is 1.81 bits per heavy atom. The number of hydrogen-bond acceptors (Lipinski definition) is 5. The van der Waals surface area contributed by atoms with Crippen molar-refractivity contribution in [1.82, 2.24) is 0 Å². The van der Waals surface area contributed by atoms with Crippen molar-refractivity contribution in [2.24, 2.45) is 5.41 Å². The lowest BCUT2D eigenvalue weighted by atomic mass is 9.98. The first-order valence-corrected chi connectivity index (χ1v) is 8.85. The summed E-state index contributed by atoms with van der Waals surface area (Å²) in [6, 6.07) is 10.6. The molecule has 0 spiro atoms. The molecular weight excluding hydrogens is 370 g/mol. The second kappa shape index (κ2) is 7.66. The molecule has 27 heavy (non-hydrogen) atoms. The predicted octanol–water partition coefficient (Wildman–Crippen LogP) is 3.47. The van der Waals surface area contributed by atoms with Gasteiger partial charge in [-0.1, -0.05) is 23.7 Å². The lowest BCUT2D eigenvalue weighted by Gasteiger charge is -2.18. The fraction of sp³-hybridized carbons (Fsp3) is 0.350. The summed E-state index contributed by atoms with van der Waals surface area (Å²) in [6.45, 7) is -0.273. The number of methoxy groups -OCH3 is 3. The normalized spacial score (nSPS) is 20.7. The van der Waals surface area contributed by atoms with Crippen molar-refractivity contribution in [3.05, 3.63) is 47.0 Å². The highest BCUT2D eigenvalue weighted by Crippen LogP contribution is 2.61. The molecule has 1 saturated carbocycles. The van der Waals surface area contributed by atoms with Crippen molar-refractivity contribution in [2.75, 3.05) is 33.3 Å². The Morgan fingerprint density at radius 3 is 2.33 bits per heavy atom. The predicted molar refractivity (Wildman–Crippen MR) is 103 cm³/mol. The largest absolute Gasteiger partial charge is 0.493 e. The Kier molecular flexibility index (Phi) is 5.48. The second-order valence-electron chi connectivity index (χ2n) is 6.46. The zero-order valence-electron chi connectivity index (χ0n) is 15.4. The molecule has 1 aliphatic rings. The van der Waals surface area contributed by atoms with Crippen molar-refractivity contribution < 1.29 is 24.1 Å². The summed E-state index contributed by atoms with van der Waals surface area (Å²) < 4.78 is 16.1. The number of benzene rings is 2. The summed E-state index contributed by atoms with van der Waals surface area (Å²) >= 11 is 6.12. The molecule has 2 atom stereocenters. The highest BCUT2D eigenvalue weighted by Gasteiger charge is 2.60. The topological polar surface area (TPSA) is 77.0 Å². The third kappa shape index (κ3) is 3.42. The average Bonchev–Trinajstić information content (AvgIpc) is 3.44. The van der Waals surface area contributed by atoms with Gasteiger partial charge in [-0.15, -0.1) is 0 Å². The van der Waals surface area contributed by atoms with Crippen LogP contribution in [0.5, 0.6) is 17.2 Å². The fourth-order valence-corrected chi connectivity index (χ4v) is 3.53. The number of ether oxygens (including phenoxy) is 3. The van der Waals surface area contributed by atoms with E-state index in [4.69, 9.17) is 25.8 Å². The van der Waals surface area contributed by atoms with Gasteiger partial charge in [0.05, 0.1) is 44.1 Å². The van der Waals surface area contributed by atoms with Gasteiger partial charge in [0, 0.05) is 5.92 Å². The van der Waals surface area contributed by atoms with E-state index in [9.17, 15) is 9.90 Å².